The van der Waals surface area contributed by atoms with Gasteiger partial charge in [0.2, 0.25) is 5.91 Å². The highest BCUT2D eigenvalue weighted by molar-refractivity contribution is 6.01. The van der Waals surface area contributed by atoms with Crippen molar-refractivity contribution in [2.24, 2.45) is 0 Å². The molecular weight excluding hydrogens is 272 g/mol. The Morgan fingerprint density at radius 3 is 2.38 bits per heavy atom. The molecule has 0 aliphatic rings. The first kappa shape index (κ1) is 14.5. The van der Waals surface area contributed by atoms with Gasteiger partial charge in [-0.1, -0.05) is 18.2 Å². The molecule has 0 heterocycles. The molecule has 0 bridgehead atoms. The normalized spacial score (nSPS) is 10.0. The van der Waals surface area contributed by atoms with E-state index in [4.69, 9.17) is 4.74 Å². The summed E-state index contributed by atoms with van der Waals surface area (Å²) in [5.74, 6) is 0.0523. The largest absolute Gasteiger partial charge is 0.496 e. The summed E-state index contributed by atoms with van der Waals surface area (Å²) in [4.78, 5) is 24.0. The molecular formula is C15H14N2O4. The summed E-state index contributed by atoms with van der Waals surface area (Å²) in [6.45, 7) is 1.36. The number of benzene rings is 2. The number of methoxy groups -OCH3 is 1. The second kappa shape index (κ2) is 6.04. The van der Waals surface area contributed by atoms with Crippen LogP contribution in [-0.2, 0) is 4.79 Å². The molecule has 6 nitrogen and oxygen atoms in total. The summed E-state index contributed by atoms with van der Waals surface area (Å²) in [5.41, 5.74) is 0.589. The molecule has 0 spiro atoms. The summed E-state index contributed by atoms with van der Waals surface area (Å²) in [7, 11) is 1.43. The molecule has 0 saturated carbocycles. The number of amides is 1. The number of para-hydroxylation sites is 1. The van der Waals surface area contributed by atoms with E-state index in [0.29, 0.717) is 11.4 Å². The number of nitrogens with zero attached hydrogens (tertiary/aromatic N) is 2. The number of hydrogen-bond acceptors (Lipinski definition) is 4. The zero-order chi connectivity index (χ0) is 15.4. The van der Waals surface area contributed by atoms with Crippen LogP contribution in [0.5, 0.6) is 5.75 Å². The lowest BCUT2D eigenvalue weighted by atomic mass is 10.2. The first-order chi connectivity index (χ1) is 10.0. The lowest BCUT2D eigenvalue weighted by Crippen LogP contribution is -2.23. The molecule has 0 fully saturated rings. The third-order valence-electron chi connectivity index (χ3n) is 2.95. The molecule has 6 heteroatoms. The summed E-state index contributed by atoms with van der Waals surface area (Å²) in [5, 5.41) is 11.3. The van der Waals surface area contributed by atoms with Gasteiger partial charge in [0.05, 0.1) is 18.1 Å². The Kier molecular flexibility index (Phi) is 4.18. The third kappa shape index (κ3) is 3.00. The van der Waals surface area contributed by atoms with E-state index in [1.807, 2.05) is 6.07 Å². The van der Waals surface area contributed by atoms with Gasteiger partial charge >= 0.3 is 0 Å². The molecule has 0 N–H and O–H groups in total. The van der Waals surface area contributed by atoms with Crippen molar-refractivity contribution in [3.8, 4) is 5.75 Å². The lowest BCUT2D eigenvalue weighted by Gasteiger charge is -2.21. The molecule has 2 aromatic rings. The number of carbonyl (C=O) groups is 1. The van der Waals surface area contributed by atoms with Crippen LogP contribution in [0.25, 0.3) is 0 Å². The molecule has 108 valence electrons. The molecule has 0 aromatic heterocycles. The summed E-state index contributed by atoms with van der Waals surface area (Å²) in [6, 6.07) is 13.2. The average molecular weight is 286 g/mol. The van der Waals surface area contributed by atoms with Gasteiger partial charge in [0, 0.05) is 12.6 Å². The third-order valence-corrected chi connectivity index (χ3v) is 2.95. The summed E-state index contributed by atoms with van der Waals surface area (Å²) in [6.07, 6.45) is 0. The number of rotatable bonds is 4. The molecule has 1 amide bonds. The van der Waals surface area contributed by atoms with Gasteiger partial charge in [-0.3, -0.25) is 19.8 Å². The topological polar surface area (TPSA) is 72.7 Å². The number of anilines is 2. The zero-order valence-corrected chi connectivity index (χ0v) is 11.6. The SMILES string of the molecule is COc1ccc(N(C(C)=O)c2ccccc2)c([N+](=O)[O-])c1. The van der Waals surface area contributed by atoms with E-state index in [0.717, 1.165) is 0 Å². The van der Waals surface area contributed by atoms with Crippen molar-refractivity contribution in [3.63, 3.8) is 0 Å². The van der Waals surface area contributed by atoms with Crippen LogP contribution in [0.15, 0.2) is 48.5 Å². The van der Waals surface area contributed by atoms with Crippen molar-refractivity contribution in [2.45, 2.75) is 6.92 Å². The first-order valence-electron chi connectivity index (χ1n) is 6.22. The van der Waals surface area contributed by atoms with Gasteiger partial charge in [-0.25, -0.2) is 0 Å². The smallest absolute Gasteiger partial charge is 0.297 e. The van der Waals surface area contributed by atoms with E-state index in [2.05, 4.69) is 0 Å². The Labute approximate surface area is 121 Å². The van der Waals surface area contributed by atoms with Crippen molar-refractivity contribution < 1.29 is 14.5 Å². The van der Waals surface area contributed by atoms with Crippen LogP contribution in [-0.4, -0.2) is 17.9 Å². The second-order valence-electron chi connectivity index (χ2n) is 4.30. The molecule has 2 rings (SSSR count). The molecule has 21 heavy (non-hydrogen) atoms. The number of carbonyl (C=O) groups excluding carboxylic acids is 1. The highest BCUT2D eigenvalue weighted by Crippen LogP contribution is 2.36. The lowest BCUT2D eigenvalue weighted by molar-refractivity contribution is -0.384. The Bertz CT molecular complexity index is 671. The molecule has 0 unspecified atom stereocenters. The Morgan fingerprint density at radius 2 is 1.86 bits per heavy atom. The van der Waals surface area contributed by atoms with Crippen molar-refractivity contribution >= 4 is 23.0 Å². The highest BCUT2D eigenvalue weighted by atomic mass is 16.6. The number of nitro groups is 1. The van der Waals surface area contributed by atoms with Crippen LogP contribution in [0.1, 0.15) is 6.92 Å². The Balaban J connectivity index is 2.61. The molecule has 0 atom stereocenters. The molecule has 2 aromatic carbocycles. The number of ether oxygens (including phenoxy) is 1. The van der Waals surface area contributed by atoms with Crippen LogP contribution >= 0.6 is 0 Å². The Morgan fingerprint density at radius 1 is 1.19 bits per heavy atom. The van der Waals surface area contributed by atoms with Gasteiger partial charge in [0.1, 0.15) is 11.4 Å². The van der Waals surface area contributed by atoms with Crippen molar-refractivity contribution in [1.82, 2.24) is 0 Å². The summed E-state index contributed by atoms with van der Waals surface area (Å²) >= 11 is 0. The van der Waals surface area contributed by atoms with Gasteiger partial charge in [0.15, 0.2) is 0 Å². The number of hydrogen-bond donors (Lipinski definition) is 0. The van der Waals surface area contributed by atoms with Crippen LogP contribution in [0, 0.1) is 10.1 Å². The van der Waals surface area contributed by atoms with Crippen LogP contribution in [0.4, 0.5) is 17.1 Å². The fraction of sp³-hybridized carbons (Fsp3) is 0.133. The fourth-order valence-corrected chi connectivity index (χ4v) is 2.03. The van der Waals surface area contributed by atoms with Gasteiger partial charge in [-0.05, 0) is 24.3 Å². The van der Waals surface area contributed by atoms with E-state index >= 15 is 0 Å². The van der Waals surface area contributed by atoms with Gasteiger partial charge in [-0.2, -0.15) is 0 Å². The highest BCUT2D eigenvalue weighted by Gasteiger charge is 2.24. The molecule has 0 radical (unpaired) electrons. The minimum atomic E-state index is -0.531. The van der Waals surface area contributed by atoms with Crippen LogP contribution in [0.2, 0.25) is 0 Å². The van der Waals surface area contributed by atoms with Crippen LogP contribution in [0.3, 0.4) is 0 Å². The van der Waals surface area contributed by atoms with Crippen molar-refractivity contribution in [2.75, 3.05) is 12.0 Å². The van der Waals surface area contributed by atoms with E-state index in [1.54, 1.807) is 30.3 Å². The zero-order valence-electron chi connectivity index (χ0n) is 11.6. The molecule has 0 aliphatic carbocycles. The quantitative estimate of drug-likeness (QED) is 0.638. The minimum Gasteiger partial charge on any atom is -0.496 e. The monoisotopic (exact) mass is 286 g/mol. The second-order valence-corrected chi connectivity index (χ2v) is 4.30. The number of nitro benzene ring substituents is 1. The standard InChI is InChI=1S/C15H14N2O4/c1-11(18)16(12-6-4-3-5-7-12)14-9-8-13(21-2)10-15(14)17(19)20/h3-10H,1-2H3. The molecule has 0 aliphatic heterocycles. The van der Waals surface area contributed by atoms with Crippen LogP contribution < -0.4 is 9.64 Å². The van der Waals surface area contributed by atoms with E-state index in [1.165, 1.54) is 31.1 Å². The first-order valence-corrected chi connectivity index (χ1v) is 6.22. The maximum atomic E-state index is 11.9. The van der Waals surface area contributed by atoms with E-state index in [-0.39, 0.29) is 17.3 Å². The fourth-order valence-electron chi connectivity index (χ4n) is 2.03. The maximum absolute atomic E-state index is 11.9. The maximum Gasteiger partial charge on any atom is 0.297 e. The van der Waals surface area contributed by atoms with Crippen molar-refractivity contribution in [1.29, 1.82) is 0 Å². The predicted octanol–water partition coefficient (Wildman–Crippen LogP) is 3.29. The Hall–Kier alpha value is -2.89. The average Bonchev–Trinajstić information content (AvgIpc) is 2.48. The van der Waals surface area contributed by atoms with Gasteiger partial charge < -0.3 is 4.74 Å². The van der Waals surface area contributed by atoms with E-state index in [9.17, 15) is 14.9 Å². The van der Waals surface area contributed by atoms with Gasteiger partial charge in [-0.15, -0.1) is 0 Å². The van der Waals surface area contributed by atoms with Crippen molar-refractivity contribution in [3.05, 3.63) is 58.6 Å². The summed E-state index contributed by atoms with van der Waals surface area (Å²) < 4.78 is 5.00. The van der Waals surface area contributed by atoms with E-state index < -0.39 is 4.92 Å². The van der Waals surface area contributed by atoms with Gasteiger partial charge in [0.25, 0.3) is 5.69 Å². The minimum absolute atomic E-state index is 0.187. The predicted molar refractivity (Wildman–Crippen MR) is 78.9 cm³/mol. The molecule has 0 saturated heterocycles.